The lowest BCUT2D eigenvalue weighted by Crippen LogP contribution is -2.45. The van der Waals surface area contributed by atoms with Crippen molar-refractivity contribution in [1.82, 2.24) is 5.32 Å². The molecule has 0 aliphatic carbocycles. The highest BCUT2D eigenvalue weighted by molar-refractivity contribution is 5.76. The minimum absolute atomic E-state index is 0.00790. The van der Waals surface area contributed by atoms with Crippen molar-refractivity contribution in [1.29, 1.82) is 0 Å². The van der Waals surface area contributed by atoms with E-state index in [0.29, 0.717) is 25.9 Å². The van der Waals surface area contributed by atoms with Crippen LogP contribution in [-0.2, 0) is 14.3 Å². The molecule has 3 N–H and O–H groups in total. The minimum Gasteiger partial charge on any atom is -0.466 e. The van der Waals surface area contributed by atoms with Gasteiger partial charge in [-0.25, -0.2) is 0 Å². The SMILES string of the molecule is CCCCCC/C=C\CCCCCCCC(=O)OCCCCCCCCCCCCC/C=C\C/C=C\CCCCCCCCCCCCCCCCCCCC(=O)NC(CO)C(O)CCCCCCCCCCCCCCCCCCC. The van der Waals surface area contributed by atoms with Crippen molar-refractivity contribution in [3.8, 4) is 0 Å². The molecule has 484 valence electrons. The van der Waals surface area contributed by atoms with E-state index in [2.05, 4.69) is 55.6 Å². The number of allylic oxidation sites excluding steroid dienone is 6. The number of rotatable bonds is 70. The molecule has 0 aromatic rings. The number of nitrogens with one attached hydrogen (secondary N) is 1. The van der Waals surface area contributed by atoms with Crippen molar-refractivity contribution in [2.24, 2.45) is 0 Å². The molecule has 0 radical (unpaired) electrons. The molecule has 6 heteroatoms. The number of carbonyl (C=O) groups is 2. The molecule has 82 heavy (non-hydrogen) atoms. The number of hydrogen-bond acceptors (Lipinski definition) is 5. The van der Waals surface area contributed by atoms with E-state index in [0.717, 1.165) is 51.4 Å². The first-order valence-electron chi connectivity index (χ1n) is 37.2. The highest BCUT2D eigenvalue weighted by Gasteiger charge is 2.20. The van der Waals surface area contributed by atoms with Gasteiger partial charge in [-0.2, -0.15) is 0 Å². The van der Waals surface area contributed by atoms with Crippen LogP contribution in [0.5, 0.6) is 0 Å². The van der Waals surface area contributed by atoms with Gasteiger partial charge in [0.05, 0.1) is 25.4 Å². The predicted molar refractivity (Wildman–Crippen MR) is 361 cm³/mol. The van der Waals surface area contributed by atoms with E-state index in [-0.39, 0.29) is 18.5 Å². The zero-order valence-corrected chi connectivity index (χ0v) is 55.5. The van der Waals surface area contributed by atoms with Gasteiger partial charge in [0.1, 0.15) is 0 Å². The number of carbonyl (C=O) groups excluding carboxylic acids is 2. The van der Waals surface area contributed by atoms with Crippen LogP contribution in [-0.4, -0.2) is 47.4 Å². The molecule has 2 atom stereocenters. The predicted octanol–water partition coefficient (Wildman–Crippen LogP) is 24.3. The largest absolute Gasteiger partial charge is 0.466 e. The van der Waals surface area contributed by atoms with Crippen molar-refractivity contribution in [3.63, 3.8) is 0 Å². The minimum atomic E-state index is -0.663. The topological polar surface area (TPSA) is 95.9 Å². The zero-order chi connectivity index (χ0) is 59.2. The van der Waals surface area contributed by atoms with Gasteiger partial charge >= 0.3 is 5.97 Å². The summed E-state index contributed by atoms with van der Waals surface area (Å²) in [6.45, 7) is 4.97. The third-order valence-electron chi connectivity index (χ3n) is 17.4. The van der Waals surface area contributed by atoms with Crippen molar-refractivity contribution in [3.05, 3.63) is 36.5 Å². The van der Waals surface area contributed by atoms with E-state index in [9.17, 15) is 19.8 Å². The molecule has 0 aliphatic rings. The lowest BCUT2D eigenvalue weighted by molar-refractivity contribution is -0.143. The van der Waals surface area contributed by atoms with E-state index in [1.165, 1.54) is 327 Å². The smallest absolute Gasteiger partial charge is 0.305 e. The van der Waals surface area contributed by atoms with Crippen LogP contribution in [0, 0.1) is 0 Å². The summed E-state index contributed by atoms with van der Waals surface area (Å²) in [5.41, 5.74) is 0. The molecule has 2 unspecified atom stereocenters. The first kappa shape index (κ1) is 80.1. The van der Waals surface area contributed by atoms with Crippen molar-refractivity contribution in [2.45, 2.75) is 424 Å². The van der Waals surface area contributed by atoms with Crippen LogP contribution in [0.3, 0.4) is 0 Å². The fourth-order valence-corrected chi connectivity index (χ4v) is 11.7. The molecule has 0 rings (SSSR count). The third kappa shape index (κ3) is 67.2. The van der Waals surface area contributed by atoms with Gasteiger partial charge in [-0.3, -0.25) is 9.59 Å². The zero-order valence-electron chi connectivity index (χ0n) is 55.5. The molecule has 0 aromatic carbocycles. The lowest BCUT2D eigenvalue weighted by atomic mass is 10.0. The summed E-state index contributed by atoms with van der Waals surface area (Å²) in [5, 5.41) is 23.4. The van der Waals surface area contributed by atoms with Gasteiger partial charge in [-0.05, 0) is 83.5 Å². The van der Waals surface area contributed by atoms with Crippen LogP contribution in [0.1, 0.15) is 412 Å². The quantitative estimate of drug-likeness (QED) is 0.0320. The summed E-state index contributed by atoms with van der Waals surface area (Å²) >= 11 is 0. The Morgan fingerprint density at radius 2 is 0.610 bits per heavy atom. The molecule has 0 aromatic heterocycles. The summed E-state index contributed by atoms with van der Waals surface area (Å²) in [5.74, 6) is -0.0212. The first-order chi connectivity index (χ1) is 40.5. The van der Waals surface area contributed by atoms with Gasteiger partial charge in [0.25, 0.3) is 0 Å². The molecule has 0 saturated carbocycles. The molecule has 0 fully saturated rings. The molecule has 0 heterocycles. The number of esters is 1. The van der Waals surface area contributed by atoms with Gasteiger partial charge in [0, 0.05) is 12.8 Å². The number of amides is 1. The monoisotopic (exact) mass is 1150 g/mol. The van der Waals surface area contributed by atoms with E-state index in [1.54, 1.807) is 0 Å². The fraction of sp³-hybridized carbons (Fsp3) is 0.895. The molecule has 0 bridgehead atoms. The Morgan fingerprint density at radius 3 is 0.951 bits per heavy atom. The van der Waals surface area contributed by atoms with Gasteiger partial charge in [-0.15, -0.1) is 0 Å². The summed E-state index contributed by atoms with van der Waals surface area (Å²) in [6, 6.07) is -0.540. The fourth-order valence-electron chi connectivity index (χ4n) is 11.7. The molecule has 1 amide bonds. The first-order valence-corrected chi connectivity index (χ1v) is 37.2. The van der Waals surface area contributed by atoms with Gasteiger partial charge in [0.15, 0.2) is 0 Å². The second kappa shape index (κ2) is 71.6. The maximum atomic E-state index is 12.5. The number of aliphatic hydroxyl groups excluding tert-OH is 2. The van der Waals surface area contributed by atoms with Crippen LogP contribution >= 0.6 is 0 Å². The van der Waals surface area contributed by atoms with Gasteiger partial charge in [-0.1, -0.05) is 352 Å². The summed E-state index contributed by atoms with van der Waals surface area (Å²) < 4.78 is 5.48. The standard InChI is InChI=1S/C76H145NO5/c1-3-5-7-9-11-13-15-17-18-38-41-45-48-52-56-60-64-68-74(79)73(72-78)77-75(80)69-65-61-57-53-49-46-42-39-36-34-32-30-28-26-24-22-20-19-21-23-25-27-29-31-33-35-37-40-43-47-51-55-59-63-67-71-82-76(81)70-66-62-58-54-50-44-16-14-12-10-8-6-4-2/h14,16,21,23,27,29,73-74,78-79H,3-13,15,17-20,22,24-26,28,30-72H2,1-2H3,(H,77,80)/b16-14-,23-21-,29-27-. The Bertz CT molecular complexity index is 1330. The lowest BCUT2D eigenvalue weighted by Gasteiger charge is -2.22. The highest BCUT2D eigenvalue weighted by atomic mass is 16.5. The van der Waals surface area contributed by atoms with E-state index < -0.39 is 12.1 Å². The number of ether oxygens (including phenoxy) is 1. The summed E-state index contributed by atoms with van der Waals surface area (Å²) in [4.78, 5) is 24.6. The van der Waals surface area contributed by atoms with E-state index in [4.69, 9.17) is 4.74 Å². The van der Waals surface area contributed by atoms with Crippen molar-refractivity contribution < 1.29 is 24.5 Å². The van der Waals surface area contributed by atoms with Crippen LogP contribution in [0.4, 0.5) is 0 Å². The average molecular weight is 1150 g/mol. The molecule has 0 spiro atoms. The molecule has 0 aliphatic heterocycles. The Kier molecular flexibility index (Phi) is 69.9. The number of hydrogen-bond donors (Lipinski definition) is 3. The Hall–Kier alpha value is -1.92. The van der Waals surface area contributed by atoms with Gasteiger partial charge in [0.2, 0.25) is 5.91 Å². The Labute approximate surface area is 513 Å². The normalized spacial score (nSPS) is 12.7. The van der Waals surface area contributed by atoms with E-state index >= 15 is 0 Å². The maximum absolute atomic E-state index is 12.5. The van der Waals surface area contributed by atoms with Crippen molar-refractivity contribution in [2.75, 3.05) is 13.2 Å². The Balaban J connectivity index is 3.37. The second-order valence-electron chi connectivity index (χ2n) is 25.6. The van der Waals surface area contributed by atoms with Crippen molar-refractivity contribution >= 4 is 11.9 Å². The summed E-state index contributed by atoms with van der Waals surface area (Å²) in [7, 11) is 0. The van der Waals surface area contributed by atoms with Crippen LogP contribution in [0.2, 0.25) is 0 Å². The van der Waals surface area contributed by atoms with E-state index in [1.807, 2.05) is 0 Å². The van der Waals surface area contributed by atoms with Gasteiger partial charge < -0.3 is 20.3 Å². The highest BCUT2D eigenvalue weighted by Crippen LogP contribution is 2.19. The number of unbranched alkanes of at least 4 members (excludes halogenated alkanes) is 53. The van der Waals surface area contributed by atoms with Crippen LogP contribution < -0.4 is 5.32 Å². The molecular formula is C76H145NO5. The molecule has 6 nitrogen and oxygen atoms in total. The third-order valence-corrected chi connectivity index (χ3v) is 17.4. The van der Waals surface area contributed by atoms with Crippen LogP contribution in [0.25, 0.3) is 0 Å². The maximum Gasteiger partial charge on any atom is 0.305 e. The molecule has 0 saturated heterocycles. The second-order valence-corrected chi connectivity index (χ2v) is 25.6. The number of aliphatic hydroxyl groups is 2. The summed E-state index contributed by atoms with van der Waals surface area (Å²) in [6.07, 6.45) is 92.2. The molecular weight excluding hydrogens is 1010 g/mol. The average Bonchev–Trinajstić information content (AvgIpc) is 3.48. The van der Waals surface area contributed by atoms with Crippen LogP contribution in [0.15, 0.2) is 36.5 Å². The Morgan fingerprint density at radius 1 is 0.341 bits per heavy atom.